The highest BCUT2D eigenvalue weighted by atomic mass is 32.2. The Balaban J connectivity index is 1.58. The van der Waals surface area contributed by atoms with Crippen molar-refractivity contribution in [2.75, 3.05) is 26.2 Å². The lowest BCUT2D eigenvalue weighted by Crippen LogP contribution is -2.48. The average molecular weight is 422 g/mol. The van der Waals surface area contributed by atoms with Gasteiger partial charge < -0.3 is 0 Å². The number of benzene rings is 1. The van der Waals surface area contributed by atoms with Crippen LogP contribution >= 0.6 is 0 Å². The van der Waals surface area contributed by atoms with E-state index in [1.165, 1.54) is 6.42 Å². The second-order valence-corrected chi connectivity index (χ2v) is 11.0. The minimum Gasteiger partial charge on any atom is -0.289 e. The van der Waals surface area contributed by atoms with Crippen LogP contribution in [0.2, 0.25) is 0 Å². The van der Waals surface area contributed by atoms with Crippen LogP contribution in [-0.2, 0) is 14.8 Å². The molecule has 0 saturated carbocycles. The summed E-state index contributed by atoms with van der Waals surface area (Å²) in [6.45, 7) is 9.11. The molecule has 2 saturated heterocycles. The van der Waals surface area contributed by atoms with Gasteiger partial charge in [0.15, 0.2) is 0 Å². The molecular weight excluding hydrogens is 386 g/mol. The highest BCUT2D eigenvalue weighted by Crippen LogP contribution is 2.26. The van der Waals surface area contributed by atoms with E-state index >= 15 is 0 Å². The van der Waals surface area contributed by atoms with Crippen molar-refractivity contribution in [1.29, 1.82) is 0 Å². The maximum Gasteiger partial charge on any atom is 0.243 e. The smallest absolute Gasteiger partial charge is 0.243 e. The SMILES string of the molecule is CC1CCCN(NC(=O)CC2CCCN(S(=O)(=O)c3ccc(C(C)C)cc3)C2)C1. The fourth-order valence-electron chi connectivity index (χ4n) is 4.36. The maximum atomic E-state index is 13.1. The van der Waals surface area contributed by atoms with Crippen LogP contribution in [0.3, 0.4) is 0 Å². The monoisotopic (exact) mass is 421 g/mol. The van der Waals surface area contributed by atoms with E-state index in [1.54, 1.807) is 16.4 Å². The Labute approximate surface area is 175 Å². The Hall–Kier alpha value is -1.44. The van der Waals surface area contributed by atoms with Crippen molar-refractivity contribution in [2.45, 2.75) is 63.7 Å². The van der Waals surface area contributed by atoms with E-state index in [4.69, 9.17) is 0 Å². The Bertz CT molecular complexity index is 792. The Morgan fingerprint density at radius 3 is 2.45 bits per heavy atom. The van der Waals surface area contributed by atoms with Crippen LogP contribution in [0.25, 0.3) is 0 Å². The molecule has 1 amide bonds. The summed E-state index contributed by atoms with van der Waals surface area (Å²) in [6.07, 6.45) is 4.37. The van der Waals surface area contributed by atoms with Gasteiger partial charge in [-0.3, -0.25) is 10.2 Å². The van der Waals surface area contributed by atoms with Crippen LogP contribution in [0.15, 0.2) is 29.2 Å². The largest absolute Gasteiger partial charge is 0.289 e. The first-order chi connectivity index (χ1) is 13.8. The zero-order valence-corrected chi connectivity index (χ0v) is 18.7. The summed E-state index contributed by atoms with van der Waals surface area (Å²) in [5.41, 5.74) is 4.15. The first-order valence-corrected chi connectivity index (χ1v) is 12.3. The number of piperidine rings is 2. The summed E-state index contributed by atoms with van der Waals surface area (Å²) in [7, 11) is -3.52. The van der Waals surface area contributed by atoms with Crippen LogP contribution in [0.5, 0.6) is 0 Å². The molecule has 2 aliphatic rings. The molecule has 2 atom stereocenters. The summed E-state index contributed by atoms with van der Waals surface area (Å²) in [4.78, 5) is 12.8. The molecule has 2 unspecified atom stereocenters. The number of hydrazine groups is 1. The molecular formula is C22H35N3O3S. The number of sulfonamides is 1. The number of carbonyl (C=O) groups excluding carboxylic acids is 1. The summed E-state index contributed by atoms with van der Waals surface area (Å²) in [5.74, 6) is 1.04. The molecule has 1 aromatic rings. The van der Waals surface area contributed by atoms with E-state index in [1.807, 2.05) is 17.1 Å². The van der Waals surface area contributed by atoms with Gasteiger partial charge in [-0.1, -0.05) is 32.9 Å². The van der Waals surface area contributed by atoms with E-state index < -0.39 is 10.0 Å². The van der Waals surface area contributed by atoms with Gasteiger partial charge in [-0.2, -0.15) is 4.31 Å². The van der Waals surface area contributed by atoms with Crippen molar-refractivity contribution in [3.05, 3.63) is 29.8 Å². The first kappa shape index (κ1) is 22.2. The number of nitrogens with one attached hydrogen (secondary N) is 1. The Kier molecular flexibility index (Phi) is 7.35. The standard InChI is InChI=1S/C22H35N3O3S/c1-17(2)20-8-10-21(11-9-20)29(27,28)25-13-5-7-19(16-25)14-22(26)23-24-12-4-6-18(3)15-24/h8-11,17-19H,4-7,12-16H2,1-3H3,(H,23,26). The second kappa shape index (κ2) is 9.58. The topological polar surface area (TPSA) is 69.7 Å². The third-order valence-electron chi connectivity index (χ3n) is 6.08. The summed E-state index contributed by atoms with van der Waals surface area (Å²) in [5, 5.41) is 2.02. The molecule has 29 heavy (non-hydrogen) atoms. The number of amides is 1. The first-order valence-electron chi connectivity index (χ1n) is 10.9. The van der Waals surface area contributed by atoms with E-state index in [0.717, 1.165) is 37.9 Å². The molecule has 3 rings (SSSR count). The van der Waals surface area contributed by atoms with Crippen molar-refractivity contribution in [2.24, 2.45) is 11.8 Å². The number of hydrogen-bond acceptors (Lipinski definition) is 4. The lowest BCUT2D eigenvalue weighted by molar-refractivity contribution is -0.128. The van der Waals surface area contributed by atoms with Crippen molar-refractivity contribution in [3.8, 4) is 0 Å². The number of hydrogen-bond donors (Lipinski definition) is 1. The molecule has 2 heterocycles. The molecule has 0 spiro atoms. The predicted molar refractivity (Wildman–Crippen MR) is 115 cm³/mol. The fraction of sp³-hybridized carbons (Fsp3) is 0.682. The molecule has 0 bridgehead atoms. The normalized spacial score (nSPS) is 24.6. The van der Waals surface area contributed by atoms with Gasteiger partial charge in [-0.05, 0) is 61.1 Å². The second-order valence-electron chi connectivity index (χ2n) is 9.03. The van der Waals surface area contributed by atoms with Crippen LogP contribution in [0.1, 0.15) is 64.4 Å². The van der Waals surface area contributed by atoms with Gasteiger partial charge >= 0.3 is 0 Å². The molecule has 162 valence electrons. The predicted octanol–water partition coefficient (Wildman–Crippen LogP) is 3.36. The van der Waals surface area contributed by atoms with Gasteiger partial charge in [-0.25, -0.2) is 13.4 Å². The number of carbonyl (C=O) groups is 1. The van der Waals surface area contributed by atoms with E-state index in [0.29, 0.717) is 36.2 Å². The molecule has 1 N–H and O–H groups in total. The minimum atomic E-state index is -3.52. The summed E-state index contributed by atoms with van der Waals surface area (Å²) in [6, 6.07) is 7.20. The van der Waals surface area contributed by atoms with Crippen LogP contribution in [0, 0.1) is 11.8 Å². The average Bonchev–Trinajstić information content (AvgIpc) is 2.68. The third-order valence-corrected chi connectivity index (χ3v) is 7.96. The molecule has 1 aromatic carbocycles. The maximum absolute atomic E-state index is 13.1. The Morgan fingerprint density at radius 1 is 1.10 bits per heavy atom. The molecule has 2 aliphatic heterocycles. The molecule has 0 aromatic heterocycles. The van der Waals surface area contributed by atoms with Crippen LogP contribution < -0.4 is 5.43 Å². The van der Waals surface area contributed by atoms with Gasteiger partial charge in [0.2, 0.25) is 15.9 Å². The van der Waals surface area contributed by atoms with Crippen molar-refractivity contribution >= 4 is 15.9 Å². The van der Waals surface area contributed by atoms with Crippen molar-refractivity contribution < 1.29 is 13.2 Å². The van der Waals surface area contributed by atoms with E-state index in [9.17, 15) is 13.2 Å². The quantitative estimate of drug-likeness (QED) is 0.765. The zero-order chi connectivity index (χ0) is 21.0. The molecule has 6 nitrogen and oxygen atoms in total. The van der Waals surface area contributed by atoms with Crippen molar-refractivity contribution in [1.82, 2.24) is 14.7 Å². The summed E-state index contributed by atoms with van der Waals surface area (Å²) >= 11 is 0. The fourth-order valence-corrected chi connectivity index (χ4v) is 5.92. The van der Waals surface area contributed by atoms with Crippen molar-refractivity contribution in [3.63, 3.8) is 0 Å². The zero-order valence-electron chi connectivity index (χ0n) is 17.9. The van der Waals surface area contributed by atoms with Gasteiger partial charge in [0, 0.05) is 32.6 Å². The van der Waals surface area contributed by atoms with Gasteiger partial charge in [0.05, 0.1) is 4.90 Å². The molecule has 2 fully saturated rings. The van der Waals surface area contributed by atoms with Crippen LogP contribution in [-0.4, -0.2) is 49.8 Å². The summed E-state index contributed by atoms with van der Waals surface area (Å²) < 4.78 is 27.7. The van der Waals surface area contributed by atoms with Crippen LogP contribution in [0.4, 0.5) is 0 Å². The van der Waals surface area contributed by atoms with E-state index in [-0.39, 0.29) is 11.8 Å². The van der Waals surface area contributed by atoms with Gasteiger partial charge in [0.1, 0.15) is 0 Å². The molecule has 0 radical (unpaired) electrons. The molecule has 0 aliphatic carbocycles. The lowest BCUT2D eigenvalue weighted by Gasteiger charge is -2.33. The third kappa shape index (κ3) is 5.80. The van der Waals surface area contributed by atoms with E-state index in [2.05, 4.69) is 26.2 Å². The molecule has 7 heteroatoms. The van der Waals surface area contributed by atoms with Gasteiger partial charge in [0.25, 0.3) is 0 Å². The number of nitrogens with zero attached hydrogens (tertiary/aromatic N) is 2. The lowest BCUT2D eigenvalue weighted by atomic mass is 9.96. The number of rotatable bonds is 6. The highest BCUT2D eigenvalue weighted by Gasteiger charge is 2.31. The Morgan fingerprint density at radius 2 is 1.79 bits per heavy atom. The minimum absolute atomic E-state index is 0.00429. The highest BCUT2D eigenvalue weighted by molar-refractivity contribution is 7.89. The van der Waals surface area contributed by atoms with Gasteiger partial charge in [-0.15, -0.1) is 0 Å².